The van der Waals surface area contributed by atoms with Gasteiger partial charge in [-0.2, -0.15) is 4.98 Å². The van der Waals surface area contributed by atoms with Crippen LogP contribution in [-0.2, 0) is 17.8 Å². The van der Waals surface area contributed by atoms with Crippen molar-refractivity contribution in [1.29, 1.82) is 0 Å². The maximum absolute atomic E-state index is 9.44. The van der Waals surface area contributed by atoms with Crippen molar-refractivity contribution in [3.05, 3.63) is 30.0 Å². The van der Waals surface area contributed by atoms with Crippen molar-refractivity contribution in [3.8, 4) is 0 Å². The molecule has 2 aromatic rings. The number of aliphatic hydroxyl groups is 1. The van der Waals surface area contributed by atoms with Crippen LogP contribution in [-0.4, -0.2) is 44.4 Å². The first kappa shape index (κ1) is 15.7. The Labute approximate surface area is 134 Å². The van der Waals surface area contributed by atoms with Gasteiger partial charge in [-0.15, -0.1) is 0 Å². The van der Waals surface area contributed by atoms with Gasteiger partial charge in [-0.3, -0.25) is 0 Å². The van der Waals surface area contributed by atoms with E-state index in [1.807, 2.05) is 16.8 Å². The van der Waals surface area contributed by atoms with Crippen molar-refractivity contribution in [1.82, 2.24) is 19.5 Å². The Morgan fingerprint density at radius 2 is 2.26 bits per heavy atom. The lowest BCUT2D eigenvalue weighted by Crippen LogP contribution is -2.27. The third-order valence-electron chi connectivity index (χ3n) is 4.08. The molecule has 3 rings (SSSR count). The van der Waals surface area contributed by atoms with Gasteiger partial charge < -0.3 is 25.5 Å². The van der Waals surface area contributed by atoms with Gasteiger partial charge in [0.1, 0.15) is 5.82 Å². The molecule has 4 N–H and O–H groups in total. The number of aliphatic hydroxyl groups excluding tert-OH is 1. The third kappa shape index (κ3) is 3.77. The van der Waals surface area contributed by atoms with Crippen LogP contribution >= 0.6 is 0 Å². The molecule has 2 aromatic heterocycles. The number of aromatic nitrogens is 4. The molecule has 0 atom stereocenters. The molecule has 1 fully saturated rings. The minimum Gasteiger partial charge on any atom is -0.393 e. The van der Waals surface area contributed by atoms with Gasteiger partial charge in [-0.25, -0.2) is 9.97 Å². The van der Waals surface area contributed by atoms with Crippen LogP contribution in [0, 0.1) is 0 Å². The number of hydrogen-bond acceptors (Lipinski definition) is 7. The van der Waals surface area contributed by atoms with E-state index in [9.17, 15) is 5.11 Å². The van der Waals surface area contributed by atoms with Crippen molar-refractivity contribution < 1.29 is 9.84 Å². The molecule has 0 aromatic carbocycles. The number of nitrogens with two attached hydrogens (primary N) is 1. The summed E-state index contributed by atoms with van der Waals surface area (Å²) >= 11 is 0. The minimum atomic E-state index is -0.220. The lowest BCUT2D eigenvalue weighted by Gasteiger charge is -2.30. The summed E-state index contributed by atoms with van der Waals surface area (Å²) in [6.07, 6.45) is 4.85. The first-order chi connectivity index (χ1) is 11.2. The van der Waals surface area contributed by atoms with Crippen molar-refractivity contribution in [2.75, 3.05) is 24.8 Å². The molecular weight excluding hydrogens is 296 g/mol. The number of imidazole rings is 1. The van der Waals surface area contributed by atoms with E-state index in [-0.39, 0.29) is 18.0 Å². The van der Waals surface area contributed by atoms with Crippen molar-refractivity contribution in [3.63, 3.8) is 0 Å². The fraction of sp³-hybridized carbons (Fsp3) is 0.533. The molecule has 1 aliphatic rings. The highest BCUT2D eigenvalue weighted by molar-refractivity contribution is 5.42. The van der Waals surface area contributed by atoms with E-state index >= 15 is 0 Å². The highest BCUT2D eigenvalue weighted by Crippen LogP contribution is 2.36. The van der Waals surface area contributed by atoms with Gasteiger partial charge in [0.25, 0.3) is 0 Å². The first-order valence-electron chi connectivity index (χ1n) is 7.70. The number of ether oxygens (including phenoxy) is 1. The second-order valence-corrected chi connectivity index (χ2v) is 5.78. The van der Waals surface area contributed by atoms with Gasteiger partial charge in [-0.1, -0.05) is 0 Å². The largest absolute Gasteiger partial charge is 0.393 e. The zero-order chi connectivity index (χ0) is 16.2. The van der Waals surface area contributed by atoms with Crippen molar-refractivity contribution in [2.45, 2.75) is 38.0 Å². The van der Waals surface area contributed by atoms with Crippen LogP contribution in [0.4, 0.5) is 11.8 Å². The minimum absolute atomic E-state index is 0.220. The quantitative estimate of drug-likeness (QED) is 0.691. The van der Waals surface area contributed by atoms with Gasteiger partial charge >= 0.3 is 0 Å². The summed E-state index contributed by atoms with van der Waals surface area (Å²) in [7, 11) is 1.68. The van der Waals surface area contributed by atoms with E-state index in [4.69, 9.17) is 10.5 Å². The van der Waals surface area contributed by atoms with E-state index in [1.54, 1.807) is 13.4 Å². The number of anilines is 2. The summed E-state index contributed by atoms with van der Waals surface area (Å²) in [5.41, 5.74) is 7.73. The molecule has 1 aliphatic carbocycles. The summed E-state index contributed by atoms with van der Waals surface area (Å²) in [6, 6.07) is 1.91. The molecule has 2 heterocycles. The van der Waals surface area contributed by atoms with Gasteiger partial charge in [0.15, 0.2) is 0 Å². The highest BCUT2D eigenvalue weighted by Gasteiger charge is 2.30. The van der Waals surface area contributed by atoms with Crippen LogP contribution in [0.5, 0.6) is 0 Å². The molecule has 23 heavy (non-hydrogen) atoms. The second kappa shape index (κ2) is 6.93. The molecule has 0 spiro atoms. The second-order valence-electron chi connectivity index (χ2n) is 5.78. The van der Waals surface area contributed by atoms with Crippen LogP contribution in [0.15, 0.2) is 18.6 Å². The summed E-state index contributed by atoms with van der Waals surface area (Å²) in [5, 5.41) is 12.7. The Bertz CT molecular complexity index is 653. The molecule has 0 saturated heterocycles. The summed E-state index contributed by atoms with van der Waals surface area (Å²) in [6.45, 7) is 1.98. The number of nitrogen functional groups attached to an aromatic ring is 1. The number of rotatable bonds is 7. The monoisotopic (exact) mass is 318 g/mol. The van der Waals surface area contributed by atoms with Crippen LogP contribution in [0.3, 0.4) is 0 Å². The maximum Gasteiger partial charge on any atom is 0.222 e. The fourth-order valence-corrected chi connectivity index (χ4v) is 2.68. The Balaban J connectivity index is 1.65. The smallest absolute Gasteiger partial charge is 0.222 e. The average molecular weight is 318 g/mol. The molecule has 0 aliphatic heterocycles. The predicted octanol–water partition coefficient (Wildman–Crippen LogP) is 0.752. The Hall–Kier alpha value is -2.19. The zero-order valence-corrected chi connectivity index (χ0v) is 13.1. The third-order valence-corrected chi connectivity index (χ3v) is 4.08. The normalized spacial score (nSPS) is 20.3. The topological polar surface area (TPSA) is 111 Å². The molecule has 124 valence electrons. The van der Waals surface area contributed by atoms with Gasteiger partial charge in [0.05, 0.1) is 37.0 Å². The Morgan fingerprint density at radius 1 is 1.43 bits per heavy atom. The SMILES string of the molecule is COCCn1cncc1CNc1cc(C2CC(O)C2)nc(N)n1. The molecule has 0 unspecified atom stereocenters. The summed E-state index contributed by atoms with van der Waals surface area (Å²) in [4.78, 5) is 12.7. The number of hydrogen-bond donors (Lipinski definition) is 3. The molecule has 8 nitrogen and oxygen atoms in total. The number of nitrogens with one attached hydrogen (secondary N) is 1. The molecule has 0 bridgehead atoms. The predicted molar refractivity (Wildman–Crippen MR) is 85.9 cm³/mol. The van der Waals surface area contributed by atoms with E-state index in [1.165, 1.54) is 0 Å². The summed E-state index contributed by atoms with van der Waals surface area (Å²) in [5.74, 6) is 1.20. The molecule has 1 saturated carbocycles. The lowest BCUT2D eigenvalue weighted by atomic mass is 9.80. The van der Waals surface area contributed by atoms with Crippen molar-refractivity contribution >= 4 is 11.8 Å². The Kier molecular flexibility index (Phi) is 4.73. The van der Waals surface area contributed by atoms with E-state index in [0.29, 0.717) is 19.0 Å². The highest BCUT2D eigenvalue weighted by atomic mass is 16.5. The average Bonchev–Trinajstić information content (AvgIpc) is 2.94. The van der Waals surface area contributed by atoms with Gasteiger partial charge in [0.2, 0.25) is 5.95 Å². The van der Waals surface area contributed by atoms with E-state index in [2.05, 4.69) is 20.3 Å². The van der Waals surface area contributed by atoms with Crippen molar-refractivity contribution in [2.24, 2.45) is 0 Å². The van der Waals surface area contributed by atoms with Gasteiger partial charge in [0, 0.05) is 31.8 Å². The fourth-order valence-electron chi connectivity index (χ4n) is 2.68. The van der Waals surface area contributed by atoms with Crippen LogP contribution in [0.2, 0.25) is 0 Å². The van der Waals surface area contributed by atoms with Crippen LogP contribution < -0.4 is 11.1 Å². The van der Waals surface area contributed by atoms with E-state index < -0.39 is 0 Å². The maximum atomic E-state index is 9.44. The first-order valence-corrected chi connectivity index (χ1v) is 7.70. The number of nitrogens with zero attached hydrogens (tertiary/aromatic N) is 4. The summed E-state index contributed by atoms with van der Waals surface area (Å²) < 4.78 is 7.12. The van der Waals surface area contributed by atoms with Crippen LogP contribution in [0.25, 0.3) is 0 Å². The molecule has 0 radical (unpaired) electrons. The molecule has 0 amide bonds. The number of methoxy groups -OCH3 is 1. The lowest BCUT2D eigenvalue weighted by molar-refractivity contribution is 0.0732. The molecular formula is C15H22N6O2. The van der Waals surface area contributed by atoms with Crippen LogP contribution in [0.1, 0.15) is 30.1 Å². The van der Waals surface area contributed by atoms with Gasteiger partial charge in [-0.05, 0) is 12.8 Å². The zero-order valence-electron chi connectivity index (χ0n) is 13.1. The standard InChI is InChI=1S/C15H22N6O2/c1-23-3-2-21-9-17-7-11(21)8-18-14-6-13(19-15(16)20-14)10-4-12(22)5-10/h6-7,9-10,12,22H,2-5,8H2,1H3,(H3,16,18,19,20). The Morgan fingerprint density at radius 3 is 3.00 bits per heavy atom. The van der Waals surface area contributed by atoms with E-state index in [0.717, 1.165) is 30.8 Å². The molecule has 8 heteroatoms.